The fraction of sp³-hybridized carbons (Fsp3) is 0.417. The number of hydrogen-bond donors (Lipinski definition) is 0. The van der Waals surface area contributed by atoms with Gasteiger partial charge in [-0.15, -0.1) is 0 Å². The van der Waals surface area contributed by atoms with E-state index in [2.05, 4.69) is 107 Å². The highest BCUT2D eigenvalue weighted by Crippen LogP contribution is 2.17. The Morgan fingerprint density at radius 2 is 1.00 bits per heavy atom. The Balaban J connectivity index is 0.00000160. The minimum atomic E-state index is 0. The van der Waals surface area contributed by atoms with Crippen molar-refractivity contribution in [2.75, 3.05) is 0 Å². The summed E-state index contributed by atoms with van der Waals surface area (Å²) in [6, 6.07) is 18.4. The van der Waals surface area contributed by atoms with Crippen molar-refractivity contribution < 1.29 is 43.1 Å². The Kier molecular flexibility index (Phi) is 8.68. The van der Waals surface area contributed by atoms with Gasteiger partial charge in [0, 0.05) is 0 Å². The summed E-state index contributed by atoms with van der Waals surface area (Å²) in [7, 11) is 0. The summed E-state index contributed by atoms with van der Waals surface area (Å²) in [5.74, 6) is 0. The highest BCUT2D eigenvalue weighted by molar-refractivity contribution is 5.72. The average molecular weight is 536 g/mol. The van der Waals surface area contributed by atoms with Gasteiger partial charge in [-0.1, -0.05) is 24.3 Å². The first kappa shape index (κ1) is 24.6. The molecule has 0 aliphatic carbocycles. The summed E-state index contributed by atoms with van der Waals surface area (Å²) in [4.78, 5) is 0. The maximum Gasteiger partial charge on any atom is 0.244 e. The fourth-order valence-corrected chi connectivity index (χ4v) is 4.14. The Labute approximate surface area is 200 Å². The van der Waals surface area contributed by atoms with Crippen LogP contribution in [0.4, 0.5) is 0 Å². The molecule has 4 aromatic rings. The van der Waals surface area contributed by atoms with Crippen LogP contribution in [-0.2, 0) is 13.1 Å². The SMILES string of the molecule is CC(C)n1c[n+](CCCC[n+]2cn(C(C)C)c3ccccc32)c2ccccc21.[Br-].[Br-]. The molecule has 0 fully saturated rings. The number of aromatic nitrogens is 4. The molecule has 0 amide bonds. The number of aryl methyl sites for hydroxylation is 2. The Morgan fingerprint density at radius 1 is 0.633 bits per heavy atom. The van der Waals surface area contributed by atoms with Gasteiger partial charge in [0.1, 0.15) is 0 Å². The first-order valence-corrected chi connectivity index (χ1v) is 10.5. The lowest BCUT2D eigenvalue weighted by Crippen LogP contribution is -3.00. The summed E-state index contributed by atoms with van der Waals surface area (Å²) >= 11 is 0. The first-order valence-electron chi connectivity index (χ1n) is 10.5. The van der Waals surface area contributed by atoms with E-state index in [1.807, 2.05) is 0 Å². The average Bonchev–Trinajstić information content (AvgIpc) is 3.24. The molecule has 4 rings (SSSR count). The zero-order valence-electron chi connectivity index (χ0n) is 18.3. The Bertz CT molecular complexity index is 1010. The molecule has 0 unspecified atom stereocenters. The van der Waals surface area contributed by atoms with Gasteiger partial charge in [0.05, 0.1) is 25.2 Å². The molecule has 0 N–H and O–H groups in total. The van der Waals surface area contributed by atoms with E-state index >= 15 is 0 Å². The van der Waals surface area contributed by atoms with E-state index in [9.17, 15) is 0 Å². The molecule has 0 saturated heterocycles. The third kappa shape index (κ3) is 4.80. The van der Waals surface area contributed by atoms with Gasteiger partial charge in [-0.3, -0.25) is 0 Å². The van der Waals surface area contributed by atoms with E-state index in [4.69, 9.17) is 0 Å². The highest BCUT2D eigenvalue weighted by atomic mass is 79.9. The third-order valence-corrected chi connectivity index (χ3v) is 5.63. The summed E-state index contributed by atoms with van der Waals surface area (Å²) in [6.45, 7) is 11.1. The van der Waals surface area contributed by atoms with Gasteiger partial charge in [0.25, 0.3) is 0 Å². The van der Waals surface area contributed by atoms with Gasteiger partial charge >= 0.3 is 0 Å². The predicted molar refractivity (Wildman–Crippen MR) is 114 cm³/mol. The molecule has 0 aliphatic heterocycles. The molecular weight excluding hydrogens is 504 g/mol. The van der Waals surface area contributed by atoms with Gasteiger partial charge in [-0.05, 0) is 64.8 Å². The van der Waals surface area contributed by atoms with Gasteiger partial charge in [0.2, 0.25) is 12.7 Å². The molecule has 0 saturated carbocycles. The van der Waals surface area contributed by atoms with Crippen molar-refractivity contribution >= 4 is 22.1 Å². The minimum Gasteiger partial charge on any atom is -1.00 e. The van der Waals surface area contributed by atoms with E-state index in [1.165, 1.54) is 34.9 Å². The van der Waals surface area contributed by atoms with Crippen LogP contribution in [0, 0.1) is 0 Å². The number of hydrogen-bond acceptors (Lipinski definition) is 0. The maximum absolute atomic E-state index is 2.41. The number of halogens is 2. The number of para-hydroxylation sites is 4. The monoisotopic (exact) mass is 534 g/mol. The van der Waals surface area contributed by atoms with Crippen molar-refractivity contribution in [3.8, 4) is 0 Å². The zero-order valence-corrected chi connectivity index (χ0v) is 21.5. The summed E-state index contributed by atoms with van der Waals surface area (Å²) < 4.78 is 9.58. The van der Waals surface area contributed by atoms with E-state index in [0.29, 0.717) is 12.1 Å². The number of nitrogens with zero attached hydrogens (tertiary/aromatic N) is 4. The van der Waals surface area contributed by atoms with E-state index < -0.39 is 0 Å². The van der Waals surface area contributed by atoms with Crippen molar-refractivity contribution in [2.24, 2.45) is 0 Å². The lowest BCUT2D eigenvalue weighted by Gasteiger charge is -2.00. The summed E-state index contributed by atoms with van der Waals surface area (Å²) in [5.41, 5.74) is 5.32. The largest absolute Gasteiger partial charge is 1.00 e. The first-order chi connectivity index (χ1) is 13.6. The van der Waals surface area contributed by atoms with Crippen LogP contribution in [-0.4, -0.2) is 9.13 Å². The molecule has 0 atom stereocenters. The van der Waals surface area contributed by atoms with Crippen molar-refractivity contribution in [1.82, 2.24) is 9.13 Å². The molecule has 0 spiro atoms. The molecule has 2 aromatic carbocycles. The van der Waals surface area contributed by atoms with Crippen LogP contribution in [0.3, 0.4) is 0 Å². The molecule has 6 heteroatoms. The molecule has 2 aromatic heterocycles. The molecular formula is C24H32Br2N4. The van der Waals surface area contributed by atoms with E-state index in [0.717, 1.165) is 13.1 Å². The minimum absolute atomic E-state index is 0. The lowest BCUT2D eigenvalue weighted by molar-refractivity contribution is -0.684. The van der Waals surface area contributed by atoms with Crippen molar-refractivity contribution in [3.63, 3.8) is 0 Å². The van der Waals surface area contributed by atoms with Crippen LogP contribution < -0.4 is 43.1 Å². The van der Waals surface area contributed by atoms with Crippen LogP contribution in [0.2, 0.25) is 0 Å². The summed E-state index contributed by atoms with van der Waals surface area (Å²) in [6.07, 6.45) is 6.91. The number of unbranched alkanes of at least 4 members (excludes halogenated alkanes) is 1. The molecule has 0 radical (unpaired) electrons. The third-order valence-electron chi connectivity index (χ3n) is 5.63. The molecule has 30 heavy (non-hydrogen) atoms. The maximum atomic E-state index is 2.41. The number of benzene rings is 2. The quantitative estimate of drug-likeness (QED) is 0.209. The second-order valence-corrected chi connectivity index (χ2v) is 8.30. The van der Waals surface area contributed by atoms with E-state index in [-0.39, 0.29) is 34.0 Å². The topological polar surface area (TPSA) is 17.6 Å². The number of imidazole rings is 2. The van der Waals surface area contributed by atoms with Crippen LogP contribution in [0.25, 0.3) is 22.1 Å². The Hall–Kier alpha value is -1.66. The summed E-state index contributed by atoms with van der Waals surface area (Å²) in [5, 5.41) is 0. The van der Waals surface area contributed by atoms with Crippen LogP contribution in [0.15, 0.2) is 61.2 Å². The molecule has 0 aliphatic rings. The molecule has 2 heterocycles. The standard InChI is InChI=1S/C24H32N4.2BrH/c1-19(2)27-17-25(21-11-5-7-13-23(21)27)15-9-10-16-26-18-28(20(3)4)24-14-8-6-12-22(24)26;;/h5-8,11-14,17-20H,9-10,15-16H2,1-4H3;2*1H/q+2;;/p-2. The normalized spacial score (nSPS) is 11.3. The smallest absolute Gasteiger partial charge is 0.244 e. The van der Waals surface area contributed by atoms with Crippen molar-refractivity contribution in [2.45, 2.75) is 65.7 Å². The second-order valence-electron chi connectivity index (χ2n) is 8.30. The Morgan fingerprint density at radius 3 is 1.37 bits per heavy atom. The van der Waals surface area contributed by atoms with Crippen LogP contribution in [0.1, 0.15) is 52.6 Å². The second kappa shape index (κ2) is 10.6. The predicted octanol–water partition coefficient (Wildman–Crippen LogP) is -1.18. The van der Waals surface area contributed by atoms with Crippen LogP contribution >= 0.6 is 0 Å². The van der Waals surface area contributed by atoms with Gasteiger partial charge in [-0.2, -0.15) is 0 Å². The number of fused-ring (bicyclic) bond motifs is 2. The van der Waals surface area contributed by atoms with Gasteiger partial charge in [0.15, 0.2) is 22.1 Å². The molecule has 162 valence electrons. The molecule has 0 bridgehead atoms. The highest BCUT2D eigenvalue weighted by Gasteiger charge is 2.18. The van der Waals surface area contributed by atoms with Crippen molar-refractivity contribution in [3.05, 3.63) is 61.2 Å². The van der Waals surface area contributed by atoms with Gasteiger partial charge < -0.3 is 34.0 Å². The molecule has 4 nitrogen and oxygen atoms in total. The van der Waals surface area contributed by atoms with Crippen molar-refractivity contribution in [1.29, 1.82) is 0 Å². The lowest BCUT2D eigenvalue weighted by atomic mass is 10.2. The zero-order chi connectivity index (χ0) is 19.7. The van der Waals surface area contributed by atoms with Crippen LogP contribution in [0.5, 0.6) is 0 Å². The van der Waals surface area contributed by atoms with Gasteiger partial charge in [-0.25, -0.2) is 18.3 Å². The fourth-order valence-electron chi connectivity index (χ4n) is 4.14. The number of rotatable bonds is 7. The van der Waals surface area contributed by atoms with E-state index in [1.54, 1.807) is 0 Å².